The Labute approximate surface area is 78.2 Å². The molecular formula is C7H7FN4O2. The molecule has 1 rings (SSSR count). The van der Waals surface area contributed by atoms with Crippen LogP contribution in [0.4, 0.5) is 9.18 Å². The zero-order chi connectivity index (χ0) is 10.7. The minimum absolute atomic E-state index is 0.165. The van der Waals surface area contributed by atoms with Crippen LogP contribution in [-0.2, 0) is 0 Å². The molecule has 0 saturated heterocycles. The molecule has 1 aromatic heterocycles. The number of rotatable bonds is 2. The normalized spacial score (nSPS) is 9.50. The summed E-state index contributed by atoms with van der Waals surface area (Å²) < 4.78 is 17.3. The second kappa shape index (κ2) is 3.69. The number of amides is 1. The lowest BCUT2D eigenvalue weighted by atomic mass is 10.2. The van der Waals surface area contributed by atoms with Crippen molar-refractivity contribution in [2.75, 3.05) is 0 Å². The van der Waals surface area contributed by atoms with Crippen LogP contribution in [0.3, 0.4) is 0 Å². The van der Waals surface area contributed by atoms with E-state index in [9.17, 15) is 9.18 Å². The average Bonchev–Trinajstić information content (AvgIpc) is 2.01. The monoisotopic (exact) mass is 198 g/mol. The van der Waals surface area contributed by atoms with E-state index < -0.39 is 17.9 Å². The van der Waals surface area contributed by atoms with Gasteiger partial charge in [0.1, 0.15) is 5.84 Å². The van der Waals surface area contributed by atoms with Crippen LogP contribution in [0, 0.1) is 11.4 Å². The number of ether oxygens (including phenoxy) is 1. The number of primary amides is 1. The van der Waals surface area contributed by atoms with E-state index >= 15 is 0 Å². The van der Waals surface area contributed by atoms with E-state index in [1.165, 1.54) is 12.1 Å². The minimum atomic E-state index is -1.09. The Hall–Kier alpha value is -2.18. The van der Waals surface area contributed by atoms with Gasteiger partial charge < -0.3 is 16.2 Å². The second-order valence-electron chi connectivity index (χ2n) is 2.32. The number of halogens is 1. The summed E-state index contributed by atoms with van der Waals surface area (Å²) in [6, 6.07) is 2.35. The molecule has 0 spiro atoms. The number of carbonyl (C=O) groups excluding carboxylic acids is 1. The molecule has 74 valence electrons. The number of pyridine rings is 1. The van der Waals surface area contributed by atoms with Crippen molar-refractivity contribution < 1.29 is 13.9 Å². The summed E-state index contributed by atoms with van der Waals surface area (Å²) in [7, 11) is 0. The third kappa shape index (κ3) is 2.16. The largest absolute Gasteiger partial charge is 0.411 e. The molecule has 0 aliphatic carbocycles. The highest BCUT2D eigenvalue weighted by molar-refractivity contribution is 5.94. The molecule has 0 unspecified atom stereocenters. The van der Waals surface area contributed by atoms with Crippen molar-refractivity contribution in [2.45, 2.75) is 0 Å². The van der Waals surface area contributed by atoms with Crippen molar-refractivity contribution in [3.8, 4) is 5.88 Å². The van der Waals surface area contributed by atoms with Crippen molar-refractivity contribution >= 4 is 11.9 Å². The Kier molecular flexibility index (Phi) is 2.61. The number of hydrogen-bond donors (Lipinski definition) is 3. The summed E-state index contributed by atoms with van der Waals surface area (Å²) in [5, 5.41) is 6.95. The second-order valence-corrected chi connectivity index (χ2v) is 2.32. The van der Waals surface area contributed by atoms with E-state index in [-0.39, 0.29) is 11.4 Å². The number of carbonyl (C=O) groups is 1. The van der Waals surface area contributed by atoms with Crippen LogP contribution in [0.15, 0.2) is 12.1 Å². The molecule has 1 amide bonds. The van der Waals surface area contributed by atoms with Crippen LogP contribution < -0.4 is 16.2 Å². The predicted octanol–water partition coefficient (Wildman–Crippen LogP) is -0.0377. The van der Waals surface area contributed by atoms with Crippen molar-refractivity contribution in [3.63, 3.8) is 0 Å². The highest BCUT2D eigenvalue weighted by Gasteiger charge is 2.09. The first kappa shape index (κ1) is 9.90. The first-order valence-corrected chi connectivity index (χ1v) is 3.49. The van der Waals surface area contributed by atoms with E-state index in [2.05, 4.69) is 15.5 Å². The molecular weight excluding hydrogens is 191 g/mol. The van der Waals surface area contributed by atoms with Gasteiger partial charge in [0.2, 0.25) is 11.8 Å². The first-order valence-electron chi connectivity index (χ1n) is 3.49. The highest BCUT2D eigenvalue weighted by Crippen LogP contribution is 2.11. The van der Waals surface area contributed by atoms with Gasteiger partial charge in [-0.2, -0.15) is 9.37 Å². The van der Waals surface area contributed by atoms with Gasteiger partial charge in [-0.15, -0.1) is 0 Å². The fourth-order valence-corrected chi connectivity index (χ4v) is 0.778. The van der Waals surface area contributed by atoms with Gasteiger partial charge in [0.25, 0.3) is 0 Å². The maximum Gasteiger partial charge on any atom is 0.411 e. The molecule has 0 saturated carbocycles. The smallest absolute Gasteiger partial charge is 0.391 e. The van der Waals surface area contributed by atoms with Gasteiger partial charge in [-0.05, 0) is 6.07 Å². The zero-order valence-electron chi connectivity index (χ0n) is 6.95. The standard InChI is InChI=1S/C7H7FN4O2/c8-5-3(6(9)10)1-2-4(12-5)14-7(11)13/h1-2H,(H3,9,10)(H2,11,13). The summed E-state index contributed by atoms with van der Waals surface area (Å²) in [6.45, 7) is 0. The van der Waals surface area contributed by atoms with Gasteiger partial charge in [0.15, 0.2) is 0 Å². The van der Waals surface area contributed by atoms with Gasteiger partial charge in [-0.3, -0.25) is 5.41 Å². The average molecular weight is 198 g/mol. The topological polar surface area (TPSA) is 115 Å². The Bertz CT molecular complexity index is 393. The lowest BCUT2D eigenvalue weighted by Crippen LogP contribution is -2.18. The molecule has 7 heteroatoms. The van der Waals surface area contributed by atoms with Crippen LogP contribution in [0.2, 0.25) is 0 Å². The molecule has 1 heterocycles. The maximum absolute atomic E-state index is 13.0. The number of nitrogen functional groups attached to an aromatic ring is 1. The van der Waals surface area contributed by atoms with E-state index in [1.54, 1.807) is 0 Å². The van der Waals surface area contributed by atoms with Gasteiger partial charge in [-0.25, -0.2) is 4.79 Å². The number of nitrogens with zero attached hydrogens (tertiary/aromatic N) is 1. The summed E-state index contributed by atoms with van der Waals surface area (Å²) in [6.07, 6.45) is -1.09. The van der Waals surface area contributed by atoms with Crippen LogP contribution in [-0.4, -0.2) is 16.9 Å². The lowest BCUT2D eigenvalue weighted by molar-refractivity contribution is 0.208. The molecule has 6 nitrogen and oxygen atoms in total. The Morgan fingerprint density at radius 1 is 1.50 bits per heavy atom. The van der Waals surface area contributed by atoms with Crippen LogP contribution in [0.5, 0.6) is 5.88 Å². The number of amidine groups is 1. The van der Waals surface area contributed by atoms with Gasteiger partial charge in [0.05, 0.1) is 5.56 Å². The molecule has 0 radical (unpaired) electrons. The molecule has 0 aliphatic rings. The third-order valence-corrected chi connectivity index (χ3v) is 1.32. The van der Waals surface area contributed by atoms with Crippen molar-refractivity contribution in [1.29, 1.82) is 5.41 Å². The number of nitrogens with two attached hydrogens (primary N) is 2. The number of nitrogens with one attached hydrogen (secondary N) is 1. The van der Waals surface area contributed by atoms with Crippen molar-refractivity contribution in [1.82, 2.24) is 4.98 Å². The quantitative estimate of drug-likeness (QED) is 0.351. The van der Waals surface area contributed by atoms with Gasteiger partial charge in [0, 0.05) is 6.07 Å². The van der Waals surface area contributed by atoms with Crippen LogP contribution >= 0.6 is 0 Å². The fraction of sp³-hybridized carbons (Fsp3) is 0. The van der Waals surface area contributed by atoms with E-state index in [0.717, 1.165) is 0 Å². The lowest BCUT2D eigenvalue weighted by Gasteiger charge is -2.02. The van der Waals surface area contributed by atoms with E-state index in [4.69, 9.17) is 11.1 Å². The van der Waals surface area contributed by atoms with Crippen LogP contribution in [0.1, 0.15) is 5.56 Å². The number of hydrogen-bond acceptors (Lipinski definition) is 4. The molecule has 0 bridgehead atoms. The van der Waals surface area contributed by atoms with Crippen molar-refractivity contribution in [2.24, 2.45) is 11.5 Å². The maximum atomic E-state index is 13.0. The van der Waals surface area contributed by atoms with Crippen molar-refractivity contribution in [3.05, 3.63) is 23.6 Å². The molecule has 0 aromatic carbocycles. The molecule has 0 fully saturated rings. The SMILES string of the molecule is N=C(N)c1ccc(OC(N)=O)nc1F. The fourth-order valence-electron chi connectivity index (χ4n) is 0.778. The first-order chi connectivity index (χ1) is 6.50. The molecule has 1 aromatic rings. The predicted molar refractivity (Wildman–Crippen MR) is 45.4 cm³/mol. The molecule has 0 aliphatic heterocycles. The highest BCUT2D eigenvalue weighted by atomic mass is 19.1. The summed E-state index contributed by atoms with van der Waals surface area (Å²) >= 11 is 0. The third-order valence-electron chi connectivity index (χ3n) is 1.32. The number of aromatic nitrogens is 1. The molecule has 5 N–H and O–H groups in total. The van der Waals surface area contributed by atoms with Gasteiger partial charge in [-0.1, -0.05) is 0 Å². The van der Waals surface area contributed by atoms with Gasteiger partial charge >= 0.3 is 6.09 Å². The molecule has 0 atom stereocenters. The molecule has 14 heavy (non-hydrogen) atoms. The van der Waals surface area contributed by atoms with E-state index in [1.807, 2.05) is 0 Å². The summed E-state index contributed by atoms with van der Waals surface area (Å²) in [4.78, 5) is 13.5. The Balaban J connectivity index is 3.00. The Morgan fingerprint density at radius 3 is 2.57 bits per heavy atom. The van der Waals surface area contributed by atoms with Crippen LogP contribution in [0.25, 0.3) is 0 Å². The summed E-state index contributed by atoms with van der Waals surface area (Å²) in [5.41, 5.74) is 9.55. The summed E-state index contributed by atoms with van der Waals surface area (Å²) in [5.74, 6) is -1.73. The van der Waals surface area contributed by atoms with E-state index in [0.29, 0.717) is 0 Å². The zero-order valence-corrected chi connectivity index (χ0v) is 6.95. The minimum Gasteiger partial charge on any atom is -0.391 e. The Morgan fingerprint density at radius 2 is 2.14 bits per heavy atom.